The molecule has 0 unspecified atom stereocenters. The molecular formula is C7H10BNO3. The lowest BCUT2D eigenvalue weighted by Gasteiger charge is -2.12. The number of hydrogen-bond acceptors (Lipinski definition) is 4. The molecule has 4 nitrogen and oxygen atoms in total. The van der Waals surface area contributed by atoms with E-state index in [4.69, 9.17) is 15.3 Å². The van der Waals surface area contributed by atoms with Crippen molar-refractivity contribution in [3.8, 4) is 0 Å². The van der Waals surface area contributed by atoms with Crippen LogP contribution in [0, 0.1) is 0 Å². The van der Waals surface area contributed by atoms with Gasteiger partial charge in [-0.05, 0) is 18.0 Å². The van der Waals surface area contributed by atoms with Gasteiger partial charge in [0.05, 0.1) is 5.71 Å². The van der Waals surface area contributed by atoms with Gasteiger partial charge in [-0.15, -0.1) is 0 Å². The fraction of sp³-hybridized carbons (Fsp3) is 0.286. The molecule has 0 atom stereocenters. The Morgan fingerprint density at radius 3 is 2.67 bits per heavy atom. The molecule has 0 saturated carbocycles. The first-order chi connectivity index (χ1) is 5.66. The van der Waals surface area contributed by atoms with Gasteiger partial charge < -0.3 is 15.3 Å². The van der Waals surface area contributed by atoms with Crippen LogP contribution in [-0.2, 0) is 0 Å². The minimum absolute atomic E-state index is 0.383. The fourth-order valence-corrected chi connectivity index (χ4v) is 1.14. The number of oxime groups is 1. The van der Waals surface area contributed by atoms with Crippen molar-refractivity contribution in [1.29, 1.82) is 0 Å². The van der Waals surface area contributed by atoms with Gasteiger partial charge in [0.1, 0.15) is 0 Å². The normalized spacial score (nSPS) is 20.4. The average molecular weight is 167 g/mol. The lowest BCUT2D eigenvalue weighted by atomic mass is 9.73. The quantitative estimate of drug-likeness (QED) is 0.294. The van der Waals surface area contributed by atoms with Crippen LogP contribution in [0.15, 0.2) is 28.4 Å². The molecule has 3 N–H and O–H groups in total. The topological polar surface area (TPSA) is 73.0 Å². The number of hydrogen-bond donors (Lipinski definition) is 3. The monoisotopic (exact) mass is 167 g/mol. The van der Waals surface area contributed by atoms with E-state index in [0.29, 0.717) is 23.2 Å². The summed E-state index contributed by atoms with van der Waals surface area (Å²) in [7, 11) is -1.50. The van der Waals surface area contributed by atoms with Gasteiger partial charge in [-0.25, -0.2) is 0 Å². The summed E-state index contributed by atoms with van der Waals surface area (Å²) < 4.78 is 0. The van der Waals surface area contributed by atoms with Gasteiger partial charge in [0.15, 0.2) is 0 Å². The zero-order valence-corrected chi connectivity index (χ0v) is 6.73. The second kappa shape index (κ2) is 3.56. The summed E-state index contributed by atoms with van der Waals surface area (Å²) in [6, 6.07) is 0. The molecule has 0 amide bonds. The Balaban J connectivity index is 3.03. The first-order valence-electron chi connectivity index (χ1n) is 3.61. The maximum Gasteiger partial charge on any atom is 0.488 e. The Kier molecular flexibility index (Phi) is 2.67. The van der Waals surface area contributed by atoms with Gasteiger partial charge in [0.2, 0.25) is 0 Å². The van der Waals surface area contributed by atoms with Crippen molar-refractivity contribution in [3.63, 3.8) is 0 Å². The third-order valence-corrected chi connectivity index (χ3v) is 1.87. The van der Waals surface area contributed by atoms with Crippen LogP contribution in [0.25, 0.3) is 0 Å². The highest BCUT2D eigenvalue weighted by Gasteiger charge is 2.20. The minimum Gasteiger partial charge on any atom is -0.423 e. The Morgan fingerprint density at radius 1 is 1.50 bits per heavy atom. The summed E-state index contributed by atoms with van der Waals surface area (Å²) in [4.78, 5) is 0. The zero-order valence-electron chi connectivity index (χ0n) is 6.73. The Hall–Kier alpha value is -1.07. The van der Waals surface area contributed by atoms with Crippen molar-refractivity contribution in [2.24, 2.45) is 5.16 Å². The van der Waals surface area contributed by atoms with Crippen LogP contribution < -0.4 is 0 Å². The van der Waals surface area contributed by atoms with Crippen molar-refractivity contribution < 1.29 is 15.3 Å². The molecule has 1 aliphatic rings. The maximum absolute atomic E-state index is 8.87. The molecular weight excluding hydrogens is 157 g/mol. The third-order valence-electron chi connectivity index (χ3n) is 1.87. The predicted octanol–water partition coefficient (Wildman–Crippen LogP) is 0.105. The molecule has 0 aromatic rings. The van der Waals surface area contributed by atoms with Gasteiger partial charge in [0.25, 0.3) is 0 Å². The third kappa shape index (κ3) is 1.57. The first-order valence-corrected chi connectivity index (χ1v) is 3.61. The van der Waals surface area contributed by atoms with Crippen LogP contribution in [0.3, 0.4) is 0 Å². The minimum atomic E-state index is -1.50. The molecule has 0 aliphatic heterocycles. The summed E-state index contributed by atoms with van der Waals surface area (Å²) >= 11 is 0. The van der Waals surface area contributed by atoms with Crippen molar-refractivity contribution >= 4 is 12.8 Å². The molecule has 0 bridgehead atoms. The predicted molar refractivity (Wildman–Crippen MR) is 45.9 cm³/mol. The van der Waals surface area contributed by atoms with E-state index in [2.05, 4.69) is 5.16 Å². The summed E-state index contributed by atoms with van der Waals surface area (Å²) in [5.41, 5.74) is 1.48. The van der Waals surface area contributed by atoms with Crippen LogP contribution in [0.4, 0.5) is 0 Å². The van der Waals surface area contributed by atoms with Crippen molar-refractivity contribution in [2.45, 2.75) is 13.3 Å². The molecule has 0 fully saturated rings. The molecule has 1 rings (SSSR count). The molecule has 0 saturated heterocycles. The van der Waals surface area contributed by atoms with Gasteiger partial charge in [-0.2, -0.15) is 0 Å². The van der Waals surface area contributed by atoms with Crippen LogP contribution in [0.1, 0.15) is 13.3 Å². The average Bonchev–Trinajstić information content (AvgIpc) is 2.04. The van der Waals surface area contributed by atoms with E-state index < -0.39 is 7.12 Å². The Bertz CT molecular complexity index is 268. The van der Waals surface area contributed by atoms with Crippen LogP contribution in [0.2, 0.25) is 0 Å². The number of allylic oxidation sites excluding steroid dienone is 4. The number of nitrogens with zero attached hydrogens (tertiary/aromatic N) is 1. The number of rotatable bonds is 1. The smallest absolute Gasteiger partial charge is 0.423 e. The van der Waals surface area contributed by atoms with Crippen molar-refractivity contribution in [3.05, 3.63) is 23.2 Å². The van der Waals surface area contributed by atoms with Crippen LogP contribution in [-0.4, -0.2) is 28.1 Å². The van der Waals surface area contributed by atoms with E-state index in [1.54, 1.807) is 19.1 Å². The molecule has 5 heteroatoms. The molecule has 12 heavy (non-hydrogen) atoms. The largest absolute Gasteiger partial charge is 0.488 e. The van der Waals surface area contributed by atoms with E-state index in [0.717, 1.165) is 0 Å². The standard InChI is InChI=1S/C7H10BNO3/c1-5-6(8(10)11)3-2-4-7(5)9-12/h2-3,10-12H,4H2,1H3/b9-7-. The molecule has 64 valence electrons. The van der Waals surface area contributed by atoms with Gasteiger partial charge in [0, 0.05) is 6.42 Å². The SMILES string of the molecule is CC1=C(B(O)O)C=CC/C1=N/O. The Labute approximate surface area is 70.7 Å². The summed E-state index contributed by atoms with van der Waals surface area (Å²) in [6.07, 6.45) is 3.87. The summed E-state index contributed by atoms with van der Waals surface area (Å²) in [6.45, 7) is 1.69. The molecule has 0 aromatic carbocycles. The first kappa shape index (κ1) is 9.03. The van der Waals surface area contributed by atoms with Crippen molar-refractivity contribution in [2.75, 3.05) is 0 Å². The second-order valence-electron chi connectivity index (χ2n) is 2.61. The lowest BCUT2D eigenvalue weighted by molar-refractivity contribution is 0.318. The van der Waals surface area contributed by atoms with E-state index in [1.807, 2.05) is 0 Å². The summed E-state index contributed by atoms with van der Waals surface area (Å²) in [5.74, 6) is 0. The van der Waals surface area contributed by atoms with Crippen LogP contribution in [0.5, 0.6) is 0 Å². The van der Waals surface area contributed by atoms with Crippen molar-refractivity contribution in [1.82, 2.24) is 0 Å². The second-order valence-corrected chi connectivity index (χ2v) is 2.61. The molecule has 1 aliphatic carbocycles. The molecule has 0 aromatic heterocycles. The highest BCUT2D eigenvalue weighted by atomic mass is 16.4. The van der Waals surface area contributed by atoms with Gasteiger partial charge >= 0.3 is 7.12 Å². The van der Waals surface area contributed by atoms with E-state index >= 15 is 0 Å². The van der Waals surface area contributed by atoms with Gasteiger partial charge in [-0.1, -0.05) is 17.3 Å². The van der Waals surface area contributed by atoms with E-state index in [9.17, 15) is 0 Å². The molecule has 0 spiro atoms. The molecule has 0 heterocycles. The zero-order chi connectivity index (χ0) is 9.14. The lowest BCUT2D eigenvalue weighted by Crippen LogP contribution is -2.20. The highest BCUT2D eigenvalue weighted by molar-refractivity contribution is 6.53. The Morgan fingerprint density at radius 2 is 2.17 bits per heavy atom. The van der Waals surface area contributed by atoms with Gasteiger partial charge in [-0.3, -0.25) is 0 Å². The highest BCUT2D eigenvalue weighted by Crippen LogP contribution is 2.16. The molecule has 0 radical (unpaired) electrons. The maximum atomic E-state index is 8.87. The fourth-order valence-electron chi connectivity index (χ4n) is 1.14. The van der Waals surface area contributed by atoms with E-state index in [-0.39, 0.29) is 0 Å². The van der Waals surface area contributed by atoms with Crippen LogP contribution >= 0.6 is 0 Å². The summed E-state index contributed by atoms with van der Waals surface area (Å²) in [5, 5.41) is 29.3. The van der Waals surface area contributed by atoms with E-state index in [1.165, 1.54) is 0 Å².